The lowest BCUT2D eigenvalue weighted by atomic mass is 10.2. The maximum atomic E-state index is 13.9. The normalized spacial score (nSPS) is 10.9. The molecule has 0 aliphatic carbocycles. The van der Waals surface area contributed by atoms with Crippen molar-refractivity contribution in [2.75, 3.05) is 11.1 Å². The molecule has 1 amide bonds. The number of hydrogen-bond acceptors (Lipinski definition) is 5. The maximum Gasteiger partial charge on any atom is 0.234 e. The Morgan fingerprint density at radius 3 is 2.72 bits per heavy atom. The molecule has 3 aromatic rings. The Kier molecular flexibility index (Phi) is 9.48. The summed E-state index contributed by atoms with van der Waals surface area (Å²) in [5, 5.41) is 12.7. The number of aromatic nitrogens is 3. The van der Waals surface area contributed by atoms with E-state index < -0.39 is 5.82 Å². The van der Waals surface area contributed by atoms with Crippen LogP contribution in [0.4, 0.5) is 10.1 Å². The van der Waals surface area contributed by atoms with Crippen molar-refractivity contribution < 1.29 is 9.18 Å². The van der Waals surface area contributed by atoms with Crippen molar-refractivity contribution in [3.8, 4) is 0 Å². The number of anilines is 1. The van der Waals surface area contributed by atoms with Crippen LogP contribution in [0.3, 0.4) is 0 Å². The Balaban J connectivity index is 1.58. The summed E-state index contributed by atoms with van der Waals surface area (Å²) in [6.45, 7) is 4.30. The predicted molar refractivity (Wildman–Crippen MR) is 135 cm³/mol. The average Bonchev–Trinajstić information content (AvgIpc) is 3.13. The second-order valence-corrected chi connectivity index (χ2v) is 10.2. The minimum absolute atomic E-state index is 0.0706. The number of amides is 1. The van der Waals surface area contributed by atoms with Crippen LogP contribution in [0.5, 0.6) is 0 Å². The van der Waals surface area contributed by atoms with E-state index in [9.17, 15) is 9.18 Å². The van der Waals surface area contributed by atoms with Gasteiger partial charge in [-0.3, -0.25) is 4.79 Å². The molecule has 5 nitrogen and oxygen atoms in total. The van der Waals surface area contributed by atoms with Gasteiger partial charge < -0.3 is 9.88 Å². The topological polar surface area (TPSA) is 59.8 Å². The molecule has 0 aliphatic heterocycles. The SMILES string of the molecule is C=CCn1c(CSCc2ccc(Cl)c(Cl)c2)nnc1SCC(=O)Nc1ccc(Br)cc1F. The second-order valence-electron chi connectivity index (χ2n) is 6.50. The van der Waals surface area contributed by atoms with Crippen LogP contribution in [0.1, 0.15) is 11.4 Å². The van der Waals surface area contributed by atoms with Gasteiger partial charge in [0.05, 0.1) is 27.2 Å². The van der Waals surface area contributed by atoms with Gasteiger partial charge >= 0.3 is 0 Å². The van der Waals surface area contributed by atoms with E-state index >= 15 is 0 Å². The largest absolute Gasteiger partial charge is 0.323 e. The Morgan fingerprint density at radius 2 is 2.00 bits per heavy atom. The average molecular weight is 576 g/mol. The van der Waals surface area contributed by atoms with Crippen molar-refractivity contribution in [2.24, 2.45) is 0 Å². The number of rotatable bonds is 10. The predicted octanol–water partition coefficient (Wildman–Crippen LogP) is 6.84. The molecule has 3 rings (SSSR count). The fourth-order valence-corrected chi connectivity index (χ4v) is 4.98. The third-order valence-corrected chi connectivity index (χ3v) is 7.33. The Morgan fingerprint density at radius 1 is 1.19 bits per heavy atom. The molecule has 1 N–H and O–H groups in total. The van der Waals surface area contributed by atoms with E-state index in [-0.39, 0.29) is 17.3 Å². The van der Waals surface area contributed by atoms with Crippen LogP contribution in [0.15, 0.2) is 58.7 Å². The first-order valence-corrected chi connectivity index (χ1v) is 13.0. The smallest absolute Gasteiger partial charge is 0.234 e. The summed E-state index contributed by atoms with van der Waals surface area (Å²) >= 11 is 18.1. The zero-order chi connectivity index (χ0) is 23.1. The molecule has 0 spiro atoms. The Labute approximate surface area is 212 Å². The lowest BCUT2D eigenvalue weighted by molar-refractivity contribution is -0.113. The van der Waals surface area contributed by atoms with Gasteiger partial charge in [0.2, 0.25) is 5.91 Å². The van der Waals surface area contributed by atoms with Crippen molar-refractivity contribution in [1.82, 2.24) is 14.8 Å². The number of nitrogens with one attached hydrogen (secondary N) is 1. The van der Waals surface area contributed by atoms with Gasteiger partial charge in [-0.05, 0) is 35.9 Å². The highest BCUT2D eigenvalue weighted by Gasteiger charge is 2.15. The minimum Gasteiger partial charge on any atom is -0.323 e. The molecular weight excluding hydrogens is 558 g/mol. The van der Waals surface area contributed by atoms with E-state index in [1.807, 2.05) is 16.7 Å². The molecule has 0 aliphatic rings. The van der Waals surface area contributed by atoms with E-state index in [4.69, 9.17) is 23.2 Å². The molecule has 1 heterocycles. The van der Waals surface area contributed by atoms with Crippen molar-refractivity contribution in [3.05, 3.63) is 80.8 Å². The van der Waals surface area contributed by atoms with Gasteiger partial charge in [0.1, 0.15) is 11.6 Å². The molecule has 2 aromatic carbocycles. The van der Waals surface area contributed by atoms with Gasteiger partial charge in [-0.25, -0.2) is 4.39 Å². The second kappa shape index (κ2) is 12.1. The molecule has 0 fully saturated rings. The van der Waals surface area contributed by atoms with Gasteiger partial charge in [0.25, 0.3) is 0 Å². The third kappa shape index (κ3) is 6.99. The number of halogens is 4. The van der Waals surface area contributed by atoms with Gasteiger partial charge in [0, 0.05) is 16.8 Å². The van der Waals surface area contributed by atoms with Crippen LogP contribution in [0.25, 0.3) is 0 Å². The number of benzene rings is 2. The number of nitrogens with zero attached hydrogens (tertiary/aromatic N) is 3. The van der Waals surface area contributed by atoms with Crippen molar-refractivity contribution in [3.63, 3.8) is 0 Å². The molecular formula is C21H18BrCl2FN4OS2. The van der Waals surface area contributed by atoms with Gasteiger partial charge in [0.15, 0.2) is 5.16 Å². The zero-order valence-electron chi connectivity index (χ0n) is 16.7. The van der Waals surface area contributed by atoms with Crippen molar-refractivity contribution >= 4 is 74.3 Å². The first kappa shape index (κ1) is 25.1. The van der Waals surface area contributed by atoms with Crippen LogP contribution < -0.4 is 5.32 Å². The molecule has 0 saturated carbocycles. The molecule has 11 heteroatoms. The molecule has 0 saturated heterocycles. The Hall–Kier alpha value is -1.52. The van der Waals surface area contributed by atoms with Crippen LogP contribution in [0, 0.1) is 5.82 Å². The number of allylic oxidation sites excluding steroid dienone is 1. The summed E-state index contributed by atoms with van der Waals surface area (Å²) in [4.78, 5) is 12.3. The number of hydrogen-bond donors (Lipinski definition) is 1. The molecule has 0 atom stereocenters. The summed E-state index contributed by atoms with van der Waals surface area (Å²) in [5.41, 5.74) is 1.19. The van der Waals surface area contributed by atoms with Crippen molar-refractivity contribution in [1.29, 1.82) is 0 Å². The molecule has 0 bridgehead atoms. The molecule has 32 heavy (non-hydrogen) atoms. The quantitative estimate of drug-likeness (QED) is 0.212. The summed E-state index contributed by atoms with van der Waals surface area (Å²) in [6, 6.07) is 10.0. The highest BCUT2D eigenvalue weighted by atomic mass is 79.9. The first-order valence-electron chi connectivity index (χ1n) is 9.29. The van der Waals surface area contributed by atoms with E-state index in [1.165, 1.54) is 23.9 Å². The third-order valence-electron chi connectivity index (χ3n) is 4.13. The number of carbonyl (C=O) groups excluding carboxylic acids is 1. The lowest BCUT2D eigenvalue weighted by Gasteiger charge is -2.09. The standard InChI is InChI=1S/C21H18BrCl2FN4OS2/c1-2-7-29-19(11-31-10-13-3-5-15(23)16(24)8-13)27-28-21(29)32-12-20(30)26-18-6-4-14(22)9-17(18)25/h2-6,8-9H,1,7,10-12H2,(H,26,30). The summed E-state index contributed by atoms with van der Waals surface area (Å²) in [7, 11) is 0. The van der Waals surface area contributed by atoms with Crippen molar-refractivity contribution in [2.45, 2.75) is 23.2 Å². The van der Waals surface area contributed by atoms with E-state index in [0.717, 1.165) is 17.1 Å². The van der Waals surface area contributed by atoms with Gasteiger partial charge in [-0.1, -0.05) is 63.0 Å². The van der Waals surface area contributed by atoms with Crippen LogP contribution in [-0.2, 0) is 22.8 Å². The van der Waals surface area contributed by atoms with E-state index in [1.54, 1.807) is 30.0 Å². The zero-order valence-corrected chi connectivity index (χ0v) is 21.4. The fraction of sp³-hybridized carbons (Fsp3) is 0.190. The van der Waals surface area contributed by atoms with Crippen LogP contribution in [0.2, 0.25) is 10.0 Å². The molecule has 0 unspecified atom stereocenters. The molecule has 1 aromatic heterocycles. The van der Waals surface area contributed by atoms with E-state index in [0.29, 0.717) is 32.0 Å². The number of carbonyl (C=O) groups is 1. The van der Waals surface area contributed by atoms with Gasteiger partial charge in [-0.2, -0.15) is 0 Å². The molecule has 168 valence electrons. The summed E-state index contributed by atoms with van der Waals surface area (Å²) < 4.78 is 16.4. The number of thioether (sulfide) groups is 2. The maximum absolute atomic E-state index is 13.9. The van der Waals surface area contributed by atoms with Crippen LogP contribution >= 0.6 is 62.7 Å². The van der Waals surface area contributed by atoms with E-state index in [2.05, 4.69) is 38.0 Å². The Bertz CT molecular complexity index is 1130. The molecule has 0 radical (unpaired) electrons. The summed E-state index contributed by atoms with van der Waals surface area (Å²) in [6.07, 6.45) is 1.75. The minimum atomic E-state index is -0.506. The summed E-state index contributed by atoms with van der Waals surface area (Å²) in [5.74, 6) is 1.37. The highest BCUT2D eigenvalue weighted by molar-refractivity contribution is 9.10. The highest BCUT2D eigenvalue weighted by Crippen LogP contribution is 2.27. The fourth-order valence-electron chi connectivity index (χ4n) is 2.64. The monoisotopic (exact) mass is 574 g/mol. The van der Waals surface area contributed by atoms with Gasteiger partial charge in [-0.15, -0.1) is 28.5 Å². The lowest BCUT2D eigenvalue weighted by Crippen LogP contribution is -2.15. The first-order chi connectivity index (χ1) is 15.4. The van der Waals surface area contributed by atoms with Crippen LogP contribution in [-0.4, -0.2) is 26.4 Å².